The van der Waals surface area contributed by atoms with Crippen LogP contribution in [-0.4, -0.2) is 56.1 Å². The Balaban J connectivity index is 3.95. The summed E-state index contributed by atoms with van der Waals surface area (Å²) in [5.74, 6) is 0.0618. The highest BCUT2D eigenvalue weighted by Gasteiger charge is 2.14. The molecule has 2 amide bonds. The summed E-state index contributed by atoms with van der Waals surface area (Å²) in [5, 5.41) is 0. The first kappa shape index (κ1) is 13.7. The standard InChI is InChI=1S/C10H20N2O3/c1-8(2)9(13)11(3)6-7-12(4)10(14)15-5/h8H,6-7H2,1-5H3. The van der Waals surface area contributed by atoms with Crippen molar-refractivity contribution in [1.29, 1.82) is 0 Å². The lowest BCUT2D eigenvalue weighted by molar-refractivity contribution is -0.133. The number of likely N-dealkylation sites (N-methyl/N-ethyl adjacent to an activating group) is 2. The molecular formula is C10H20N2O3. The fourth-order valence-corrected chi connectivity index (χ4v) is 1.10. The van der Waals surface area contributed by atoms with Crippen molar-refractivity contribution in [3.63, 3.8) is 0 Å². The number of amides is 2. The van der Waals surface area contributed by atoms with Crippen LogP contribution in [-0.2, 0) is 9.53 Å². The Labute approximate surface area is 91.0 Å². The zero-order chi connectivity index (χ0) is 12.0. The minimum absolute atomic E-state index is 0.0153. The topological polar surface area (TPSA) is 49.9 Å². The van der Waals surface area contributed by atoms with Gasteiger partial charge in [0, 0.05) is 33.1 Å². The normalized spacial score (nSPS) is 10.0. The van der Waals surface area contributed by atoms with E-state index in [-0.39, 0.29) is 17.9 Å². The number of methoxy groups -OCH3 is 1. The lowest BCUT2D eigenvalue weighted by Crippen LogP contribution is -2.38. The number of carbonyl (C=O) groups is 2. The summed E-state index contributed by atoms with van der Waals surface area (Å²) < 4.78 is 4.54. The maximum Gasteiger partial charge on any atom is 0.409 e. The van der Waals surface area contributed by atoms with Gasteiger partial charge in [-0.1, -0.05) is 13.8 Å². The van der Waals surface area contributed by atoms with Crippen molar-refractivity contribution in [2.75, 3.05) is 34.3 Å². The average Bonchev–Trinajstić information content (AvgIpc) is 2.22. The minimum atomic E-state index is -0.389. The monoisotopic (exact) mass is 216 g/mol. The minimum Gasteiger partial charge on any atom is -0.453 e. The molecular weight excluding hydrogens is 196 g/mol. The van der Waals surface area contributed by atoms with E-state index in [4.69, 9.17) is 0 Å². The van der Waals surface area contributed by atoms with Crippen molar-refractivity contribution >= 4 is 12.0 Å². The summed E-state index contributed by atoms with van der Waals surface area (Å²) in [6.45, 7) is 4.69. The Bertz CT molecular complexity index is 229. The van der Waals surface area contributed by atoms with E-state index in [2.05, 4.69) is 4.74 Å². The molecule has 0 bridgehead atoms. The third kappa shape index (κ3) is 4.67. The second kappa shape index (κ2) is 6.27. The second-order valence-corrected chi connectivity index (χ2v) is 3.81. The lowest BCUT2D eigenvalue weighted by atomic mass is 10.2. The van der Waals surface area contributed by atoms with E-state index in [1.165, 1.54) is 12.0 Å². The van der Waals surface area contributed by atoms with E-state index in [1.54, 1.807) is 19.0 Å². The van der Waals surface area contributed by atoms with E-state index < -0.39 is 0 Å². The van der Waals surface area contributed by atoms with Crippen LogP contribution in [0.25, 0.3) is 0 Å². The van der Waals surface area contributed by atoms with Gasteiger partial charge in [-0.25, -0.2) is 4.79 Å². The molecule has 0 aromatic heterocycles. The van der Waals surface area contributed by atoms with Gasteiger partial charge in [0.25, 0.3) is 0 Å². The average molecular weight is 216 g/mol. The van der Waals surface area contributed by atoms with E-state index in [1.807, 2.05) is 13.8 Å². The molecule has 0 saturated carbocycles. The third-order valence-electron chi connectivity index (χ3n) is 2.13. The maximum absolute atomic E-state index is 11.5. The highest BCUT2D eigenvalue weighted by Crippen LogP contribution is 1.99. The first-order chi connectivity index (χ1) is 6.90. The van der Waals surface area contributed by atoms with Crippen LogP contribution in [0.15, 0.2) is 0 Å². The van der Waals surface area contributed by atoms with Gasteiger partial charge in [-0.2, -0.15) is 0 Å². The van der Waals surface area contributed by atoms with Gasteiger partial charge in [0.2, 0.25) is 5.91 Å². The molecule has 88 valence electrons. The molecule has 5 heteroatoms. The Hall–Kier alpha value is -1.26. The highest BCUT2D eigenvalue weighted by molar-refractivity contribution is 5.77. The number of carbonyl (C=O) groups excluding carboxylic acids is 2. The first-order valence-corrected chi connectivity index (χ1v) is 4.94. The van der Waals surface area contributed by atoms with Gasteiger partial charge in [0.1, 0.15) is 0 Å². The Kier molecular flexibility index (Phi) is 5.74. The van der Waals surface area contributed by atoms with Crippen LogP contribution >= 0.6 is 0 Å². The Morgan fingerprint density at radius 1 is 1.13 bits per heavy atom. The van der Waals surface area contributed by atoms with Gasteiger partial charge in [0.05, 0.1) is 7.11 Å². The van der Waals surface area contributed by atoms with Crippen LogP contribution in [0.2, 0.25) is 0 Å². The molecule has 5 nitrogen and oxygen atoms in total. The zero-order valence-electron chi connectivity index (χ0n) is 10.1. The molecule has 0 heterocycles. The summed E-state index contributed by atoms with van der Waals surface area (Å²) in [6, 6.07) is 0. The summed E-state index contributed by atoms with van der Waals surface area (Å²) in [7, 11) is 4.70. The van der Waals surface area contributed by atoms with Gasteiger partial charge in [-0.3, -0.25) is 4.79 Å². The molecule has 0 aliphatic carbocycles. The lowest BCUT2D eigenvalue weighted by Gasteiger charge is -2.22. The van der Waals surface area contributed by atoms with Crippen LogP contribution in [0.4, 0.5) is 4.79 Å². The molecule has 15 heavy (non-hydrogen) atoms. The van der Waals surface area contributed by atoms with E-state index in [0.29, 0.717) is 13.1 Å². The molecule has 0 aliphatic rings. The van der Waals surface area contributed by atoms with E-state index in [9.17, 15) is 9.59 Å². The van der Waals surface area contributed by atoms with Crippen molar-refractivity contribution in [3.05, 3.63) is 0 Å². The number of hydrogen-bond acceptors (Lipinski definition) is 3. The van der Waals surface area contributed by atoms with Crippen LogP contribution in [0, 0.1) is 5.92 Å². The smallest absolute Gasteiger partial charge is 0.409 e. The number of nitrogens with zero attached hydrogens (tertiary/aromatic N) is 2. The quantitative estimate of drug-likeness (QED) is 0.698. The molecule has 0 N–H and O–H groups in total. The molecule has 0 unspecified atom stereocenters. The van der Waals surface area contributed by atoms with Crippen molar-refractivity contribution < 1.29 is 14.3 Å². The van der Waals surface area contributed by atoms with Crippen LogP contribution in [0.5, 0.6) is 0 Å². The second-order valence-electron chi connectivity index (χ2n) is 3.81. The number of rotatable bonds is 4. The largest absolute Gasteiger partial charge is 0.453 e. The molecule has 0 aliphatic heterocycles. The fraction of sp³-hybridized carbons (Fsp3) is 0.800. The number of ether oxygens (including phenoxy) is 1. The Morgan fingerprint density at radius 2 is 1.60 bits per heavy atom. The van der Waals surface area contributed by atoms with Crippen molar-refractivity contribution in [2.45, 2.75) is 13.8 Å². The Morgan fingerprint density at radius 3 is 2.00 bits per heavy atom. The molecule has 0 fully saturated rings. The van der Waals surface area contributed by atoms with Gasteiger partial charge >= 0.3 is 6.09 Å². The van der Waals surface area contributed by atoms with E-state index in [0.717, 1.165) is 0 Å². The number of hydrogen-bond donors (Lipinski definition) is 0. The van der Waals surface area contributed by atoms with Crippen LogP contribution < -0.4 is 0 Å². The van der Waals surface area contributed by atoms with Crippen LogP contribution in [0.1, 0.15) is 13.8 Å². The molecule has 0 aromatic carbocycles. The molecule has 0 rings (SSSR count). The summed E-state index contributed by atoms with van der Waals surface area (Å²) in [4.78, 5) is 25.6. The van der Waals surface area contributed by atoms with E-state index >= 15 is 0 Å². The maximum atomic E-state index is 11.5. The summed E-state index contributed by atoms with van der Waals surface area (Å²) in [6.07, 6.45) is -0.389. The van der Waals surface area contributed by atoms with Crippen LogP contribution in [0.3, 0.4) is 0 Å². The predicted octanol–water partition coefficient (Wildman–Crippen LogP) is 0.799. The van der Waals surface area contributed by atoms with Crippen molar-refractivity contribution in [3.8, 4) is 0 Å². The zero-order valence-corrected chi connectivity index (χ0v) is 10.1. The summed E-state index contributed by atoms with van der Waals surface area (Å²) in [5.41, 5.74) is 0. The van der Waals surface area contributed by atoms with Gasteiger partial charge < -0.3 is 14.5 Å². The molecule has 0 aromatic rings. The first-order valence-electron chi connectivity index (χ1n) is 4.94. The molecule has 0 atom stereocenters. The van der Waals surface area contributed by atoms with Gasteiger partial charge in [0.15, 0.2) is 0 Å². The van der Waals surface area contributed by atoms with Gasteiger partial charge in [-0.05, 0) is 0 Å². The van der Waals surface area contributed by atoms with Crippen molar-refractivity contribution in [2.24, 2.45) is 5.92 Å². The van der Waals surface area contributed by atoms with Gasteiger partial charge in [-0.15, -0.1) is 0 Å². The molecule has 0 saturated heterocycles. The highest BCUT2D eigenvalue weighted by atomic mass is 16.5. The SMILES string of the molecule is COC(=O)N(C)CCN(C)C(=O)C(C)C. The van der Waals surface area contributed by atoms with Crippen molar-refractivity contribution in [1.82, 2.24) is 9.80 Å². The third-order valence-corrected chi connectivity index (χ3v) is 2.13. The molecule has 0 spiro atoms. The summed E-state index contributed by atoms with van der Waals surface area (Å²) >= 11 is 0. The molecule has 0 radical (unpaired) electrons. The predicted molar refractivity (Wildman–Crippen MR) is 57.5 cm³/mol. The fourth-order valence-electron chi connectivity index (χ4n) is 1.10.